The van der Waals surface area contributed by atoms with Crippen molar-refractivity contribution < 1.29 is 14.3 Å². The second kappa shape index (κ2) is 7.88. The highest BCUT2D eigenvalue weighted by Crippen LogP contribution is 2.17. The first-order valence-corrected chi connectivity index (χ1v) is 9.05. The summed E-state index contributed by atoms with van der Waals surface area (Å²) in [7, 11) is 0. The number of hydrogen-bond donors (Lipinski definition) is 1. The molecule has 0 radical (unpaired) electrons. The first kappa shape index (κ1) is 17.1. The molecule has 24 heavy (non-hydrogen) atoms. The van der Waals surface area contributed by atoms with Gasteiger partial charge in [0.25, 0.3) is 5.91 Å². The van der Waals surface area contributed by atoms with Gasteiger partial charge in [0, 0.05) is 38.1 Å². The second-order valence-electron chi connectivity index (χ2n) is 6.03. The van der Waals surface area contributed by atoms with Gasteiger partial charge >= 0.3 is 0 Å². The lowest BCUT2D eigenvalue weighted by Gasteiger charge is -2.24. The Bertz CT molecular complexity index is 677. The van der Waals surface area contributed by atoms with Crippen molar-refractivity contribution in [3.05, 3.63) is 58.0 Å². The summed E-state index contributed by atoms with van der Waals surface area (Å²) in [5.41, 5.74) is 1.33. The molecule has 128 valence electrons. The van der Waals surface area contributed by atoms with E-state index in [0.29, 0.717) is 25.2 Å². The number of hydrogen-bond acceptors (Lipinski definition) is 4. The van der Waals surface area contributed by atoms with Gasteiger partial charge in [-0.05, 0) is 35.6 Å². The SMILES string of the molecule is O=C(c1ccsc1)N1CCCN(C[C@H](O)c2cccc(F)c2)CC1. The molecule has 1 aromatic carbocycles. The van der Waals surface area contributed by atoms with E-state index in [1.807, 2.05) is 21.7 Å². The van der Waals surface area contributed by atoms with Crippen LogP contribution in [0.25, 0.3) is 0 Å². The molecule has 0 bridgehead atoms. The van der Waals surface area contributed by atoms with Crippen LogP contribution in [0, 0.1) is 5.82 Å². The smallest absolute Gasteiger partial charge is 0.254 e. The molecule has 0 unspecified atom stereocenters. The highest BCUT2D eigenvalue weighted by molar-refractivity contribution is 7.08. The fraction of sp³-hybridized carbons (Fsp3) is 0.389. The zero-order valence-corrected chi connectivity index (χ0v) is 14.2. The van der Waals surface area contributed by atoms with Gasteiger partial charge in [-0.15, -0.1) is 0 Å². The molecule has 0 aliphatic carbocycles. The maximum Gasteiger partial charge on any atom is 0.254 e. The lowest BCUT2D eigenvalue weighted by atomic mass is 10.1. The number of β-amino-alcohol motifs (C(OH)–C–C–N with tert-alkyl or cyclic N) is 1. The Kier molecular flexibility index (Phi) is 5.60. The van der Waals surface area contributed by atoms with E-state index in [0.717, 1.165) is 25.1 Å². The summed E-state index contributed by atoms with van der Waals surface area (Å²) in [5.74, 6) is -0.265. The van der Waals surface area contributed by atoms with Crippen LogP contribution in [0.4, 0.5) is 4.39 Å². The van der Waals surface area contributed by atoms with Crippen molar-refractivity contribution in [1.82, 2.24) is 9.80 Å². The Morgan fingerprint density at radius 3 is 2.88 bits per heavy atom. The van der Waals surface area contributed by atoms with Gasteiger partial charge in [-0.2, -0.15) is 11.3 Å². The van der Waals surface area contributed by atoms with Crippen LogP contribution in [0.3, 0.4) is 0 Å². The minimum atomic E-state index is -0.722. The maximum atomic E-state index is 13.3. The van der Waals surface area contributed by atoms with Gasteiger partial charge in [0.2, 0.25) is 0 Å². The van der Waals surface area contributed by atoms with Crippen LogP contribution in [0.1, 0.15) is 28.4 Å². The maximum absolute atomic E-state index is 13.3. The molecule has 2 heterocycles. The number of aliphatic hydroxyl groups is 1. The Morgan fingerprint density at radius 2 is 2.12 bits per heavy atom. The highest BCUT2D eigenvalue weighted by atomic mass is 32.1. The van der Waals surface area contributed by atoms with Crippen LogP contribution < -0.4 is 0 Å². The molecule has 1 amide bonds. The van der Waals surface area contributed by atoms with E-state index in [-0.39, 0.29) is 11.7 Å². The molecule has 1 fully saturated rings. The third-order valence-electron chi connectivity index (χ3n) is 4.31. The summed E-state index contributed by atoms with van der Waals surface area (Å²) in [4.78, 5) is 16.4. The Hall–Kier alpha value is -1.76. The third-order valence-corrected chi connectivity index (χ3v) is 4.99. The number of rotatable bonds is 4. The van der Waals surface area contributed by atoms with Crippen LogP contribution in [-0.2, 0) is 0 Å². The predicted molar refractivity (Wildman–Crippen MR) is 92.6 cm³/mol. The van der Waals surface area contributed by atoms with E-state index < -0.39 is 6.10 Å². The summed E-state index contributed by atoms with van der Waals surface area (Å²) < 4.78 is 13.3. The van der Waals surface area contributed by atoms with E-state index in [4.69, 9.17) is 0 Å². The van der Waals surface area contributed by atoms with Crippen molar-refractivity contribution in [3.63, 3.8) is 0 Å². The van der Waals surface area contributed by atoms with Crippen molar-refractivity contribution in [1.29, 1.82) is 0 Å². The summed E-state index contributed by atoms with van der Waals surface area (Å²) in [6.07, 6.45) is 0.144. The van der Waals surface area contributed by atoms with Gasteiger partial charge in [0.15, 0.2) is 0 Å². The lowest BCUT2D eigenvalue weighted by molar-refractivity contribution is 0.0755. The van der Waals surface area contributed by atoms with Crippen LogP contribution >= 0.6 is 11.3 Å². The quantitative estimate of drug-likeness (QED) is 0.924. The summed E-state index contributed by atoms with van der Waals surface area (Å²) >= 11 is 1.52. The standard InChI is InChI=1S/C18H21FN2O2S/c19-16-4-1-3-14(11-16)17(22)12-20-6-2-7-21(9-8-20)18(23)15-5-10-24-13-15/h1,3-5,10-11,13,17,22H,2,6-9,12H2/t17-/m0/s1. The zero-order chi connectivity index (χ0) is 16.9. The lowest BCUT2D eigenvalue weighted by Crippen LogP contribution is -2.36. The minimum absolute atomic E-state index is 0.0729. The monoisotopic (exact) mass is 348 g/mol. The first-order valence-electron chi connectivity index (χ1n) is 8.11. The Morgan fingerprint density at radius 1 is 1.25 bits per heavy atom. The van der Waals surface area contributed by atoms with E-state index in [2.05, 4.69) is 4.90 Å². The molecular formula is C18H21FN2O2S. The molecule has 1 aliphatic rings. The highest BCUT2D eigenvalue weighted by Gasteiger charge is 2.22. The molecule has 1 atom stereocenters. The normalized spacial score (nSPS) is 17.5. The van der Waals surface area contributed by atoms with E-state index >= 15 is 0 Å². The molecule has 1 N–H and O–H groups in total. The summed E-state index contributed by atoms with van der Waals surface area (Å²) in [5, 5.41) is 14.1. The molecule has 4 nitrogen and oxygen atoms in total. The average molecular weight is 348 g/mol. The van der Waals surface area contributed by atoms with Crippen LogP contribution in [0.5, 0.6) is 0 Å². The molecule has 0 saturated carbocycles. The average Bonchev–Trinajstić information content (AvgIpc) is 3.02. The fourth-order valence-corrected chi connectivity index (χ4v) is 3.62. The molecule has 6 heteroatoms. The second-order valence-corrected chi connectivity index (χ2v) is 6.81. The van der Waals surface area contributed by atoms with Crippen LogP contribution in [-0.4, -0.2) is 53.5 Å². The number of thiophene rings is 1. The fourth-order valence-electron chi connectivity index (χ4n) is 2.99. The van der Waals surface area contributed by atoms with Crippen molar-refractivity contribution in [2.45, 2.75) is 12.5 Å². The van der Waals surface area contributed by atoms with Crippen molar-refractivity contribution in [2.24, 2.45) is 0 Å². The number of nitrogens with zero attached hydrogens (tertiary/aromatic N) is 2. The van der Waals surface area contributed by atoms with Crippen molar-refractivity contribution >= 4 is 17.2 Å². The summed E-state index contributed by atoms with van der Waals surface area (Å²) in [6, 6.07) is 7.93. The molecule has 2 aromatic rings. The number of amides is 1. The number of halogens is 1. The van der Waals surface area contributed by atoms with Gasteiger partial charge in [-0.1, -0.05) is 12.1 Å². The van der Waals surface area contributed by atoms with Crippen molar-refractivity contribution in [2.75, 3.05) is 32.7 Å². The Labute approximate surface area is 145 Å². The number of aliphatic hydroxyl groups excluding tert-OH is 1. The molecule has 1 saturated heterocycles. The topological polar surface area (TPSA) is 43.8 Å². The number of carbonyl (C=O) groups is 1. The van der Waals surface area contributed by atoms with Gasteiger partial charge in [-0.25, -0.2) is 4.39 Å². The zero-order valence-electron chi connectivity index (χ0n) is 13.4. The van der Waals surface area contributed by atoms with E-state index in [1.54, 1.807) is 12.1 Å². The number of carbonyl (C=O) groups excluding carboxylic acids is 1. The van der Waals surface area contributed by atoms with Crippen LogP contribution in [0.15, 0.2) is 41.1 Å². The van der Waals surface area contributed by atoms with E-state index in [1.165, 1.54) is 23.5 Å². The molecular weight excluding hydrogens is 327 g/mol. The molecule has 1 aliphatic heterocycles. The molecule has 0 spiro atoms. The predicted octanol–water partition coefficient (Wildman–Crippen LogP) is 2.77. The largest absolute Gasteiger partial charge is 0.387 e. The minimum Gasteiger partial charge on any atom is -0.387 e. The Balaban J connectivity index is 1.56. The number of benzene rings is 1. The molecule has 1 aromatic heterocycles. The molecule has 3 rings (SSSR count). The van der Waals surface area contributed by atoms with E-state index in [9.17, 15) is 14.3 Å². The first-order chi connectivity index (χ1) is 11.6. The van der Waals surface area contributed by atoms with Crippen LogP contribution in [0.2, 0.25) is 0 Å². The van der Waals surface area contributed by atoms with Gasteiger partial charge < -0.3 is 10.0 Å². The van der Waals surface area contributed by atoms with Gasteiger partial charge in [0.05, 0.1) is 11.7 Å². The van der Waals surface area contributed by atoms with Gasteiger partial charge in [0.1, 0.15) is 5.82 Å². The van der Waals surface area contributed by atoms with Gasteiger partial charge in [-0.3, -0.25) is 9.69 Å². The third kappa shape index (κ3) is 4.20. The summed E-state index contributed by atoms with van der Waals surface area (Å²) in [6.45, 7) is 3.35. The van der Waals surface area contributed by atoms with Crippen molar-refractivity contribution in [3.8, 4) is 0 Å².